The Hall–Kier alpha value is -1.46. The van der Waals surface area contributed by atoms with Crippen molar-refractivity contribution in [2.24, 2.45) is 5.10 Å². The molecule has 20 heavy (non-hydrogen) atoms. The molecule has 0 saturated heterocycles. The van der Waals surface area contributed by atoms with Crippen molar-refractivity contribution in [1.29, 1.82) is 0 Å². The standard InChI is InChI=1S/C15H15BrN2OS/c1-9-10(2)13(7-14(16)11(9)3)15(19)18-17-8-12-5-4-6-20-12/h4-8H,1-3H3,(H,18,19)/b17-8+. The zero-order valence-corrected chi connectivity index (χ0v) is 13.9. The summed E-state index contributed by atoms with van der Waals surface area (Å²) in [5.74, 6) is -0.195. The molecule has 0 fully saturated rings. The van der Waals surface area contributed by atoms with E-state index < -0.39 is 0 Å². The fraction of sp³-hybridized carbons (Fsp3) is 0.200. The normalized spacial score (nSPS) is 11.0. The molecule has 0 aliphatic heterocycles. The number of carbonyl (C=O) groups excluding carboxylic acids is 1. The van der Waals surface area contributed by atoms with Gasteiger partial charge in [-0.25, -0.2) is 5.43 Å². The second-order valence-corrected chi connectivity index (χ2v) is 6.33. The van der Waals surface area contributed by atoms with Gasteiger partial charge in [0.15, 0.2) is 0 Å². The molecule has 2 rings (SSSR count). The van der Waals surface area contributed by atoms with E-state index in [-0.39, 0.29) is 5.91 Å². The van der Waals surface area contributed by atoms with Crippen LogP contribution in [0.15, 0.2) is 33.2 Å². The molecule has 0 radical (unpaired) electrons. The first kappa shape index (κ1) is 14.9. The van der Waals surface area contributed by atoms with Crippen molar-refractivity contribution in [3.63, 3.8) is 0 Å². The minimum Gasteiger partial charge on any atom is -0.267 e. The van der Waals surface area contributed by atoms with E-state index in [0.29, 0.717) is 5.56 Å². The lowest BCUT2D eigenvalue weighted by atomic mass is 9.98. The van der Waals surface area contributed by atoms with Crippen LogP contribution in [-0.2, 0) is 0 Å². The fourth-order valence-corrected chi connectivity index (χ4v) is 2.93. The quantitative estimate of drug-likeness (QED) is 0.654. The van der Waals surface area contributed by atoms with Crippen molar-refractivity contribution in [2.75, 3.05) is 0 Å². The van der Waals surface area contributed by atoms with Crippen LogP contribution in [0.5, 0.6) is 0 Å². The third-order valence-corrected chi connectivity index (χ3v) is 4.93. The summed E-state index contributed by atoms with van der Waals surface area (Å²) in [5.41, 5.74) is 6.46. The largest absolute Gasteiger partial charge is 0.271 e. The molecule has 1 amide bonds. The van der Waals surface area contributed by atoms with Gasteiger partial charge in [0, 0.05) is 14.9 Å². The molecule has 104 valence electrons. The number of thiophene rings is 1. The molecular weight excluding hydrogens is 336 g/mol. The predicted octanol–water partition coefficient (Wildman–Crippen LogP) is 4.20. The Morgan fingerprint density at radius 1 is 1.30 bits per heavy atom. The average Bonchev–Trinajstić information content (AvgIpc) is 2.93. The zero-order valence-electron chi connectivity index (χ0n) is 11.5. The molecule has 1 aromatic carbocycles. The summed E-state index contributed by atoms with van der Waals surface area (Å²) in [6.45, 7) is 6.00. The van der Waals surface area contributed by atoms with E-state index in [4.69, 9.17) is 0 Å². The van der Waals surface area contributed by atoms with E-state index >= 15 is 0 Å². The Balaban J connectivity index is 2.18. The first-order valence-electron chi connectivity index (χ1n) is 6.14. The summed E-state index contributed by atoms with van der Waals surface area (Å²) in [7, 11) is 0. The molecule has 3 nitrogen and oxygen atoms in total. The summed E-state index contributed by atoms with van der Waals surface area (Å²) < 4.78 is 0.938. The zero-order chi connectivity index (χ0) is 14.7. The highest BCUT2D eigenvalue weighted by atomic mass is 79.9. The number of nitrogens with one attached hydrogen (secondary N) is 1. The number of hydrogen-bond donors (Lipinski definition) is 1. The maximum absolute atomic E-state index is 12.2. The van der Waals surface area contributed by atoms with Crippen molar-refractivity contribution >= 4 is 39.4 Å². The molecule has 2 aromatic rings. The highest BCUT2D eigenvalue weighted by Gasteiger charge is 2.13. The van der Waals surface area contributed by atoms with Gasteiger partial charge in [-0.05, 0) is 55.0 Å². The van der Waals surface area contributed by atoms with Crippen molar-refractivity contribution in [3.8, 4) is 0 Å². The van der Waals surface area contributed by atoms with E-state index in [1.807, 2.05) is 44.4 Å². The maximum atomic E-state index is 12.2. The summed E-state index contributed by atoms with van der Waals surface area (Å²) in [5, 5.41) is 5.95. The number of rotatable bonds is 3. The monoisotopic (exact) mass is 350 g/mol. The summed E-state index contributed by atoms with van der Waals surface area (Å²) >= 11 is 5.05. The van der Waals surface area contributed by atoms with Crippen molar-refractivity contribution < 1.29 is 4.79 Å². The number of nitrogens with zero attached hydrogens (tertiary/aromatic N) is 1. The molecule has 0 unspecified atom stereocenters. The molecule has 0 aliphatic rings. The van der Waals surface area contributed by atoms with E-state index in [1.165, 1.54) is 0 Å². The van der Waals surface area contributed by atoms with Gasteiger partial charge in [0.25, 0.3) is 5.91 Å². The minimum absolute atomic E-state index is 0.195. The van der Waals surface area contributed by atoms with Crippen molar-refractivity contribution in [2.45, 2.75) is 20.8 Å². The fourth-order valence-electron chi connectivity index (χ4n) is 1.82. The summed E-state index contributed by atoms with van der Waals surface area (Å²) in [6.07, 6.45) is 1.65. The Morgan fingerprint density at radius 2 is 2.05 bits per heavy atom. The van der Waals surface area contributed by atoms with Crippen molar-refractivity contribution in [1.82, 2.24) is 5.43 Å². The Kier molecular flexibility index (Phi) is 4.73. The van der Waals surface area contributed by atoms with Gasteiger partial charge in [0.1, 0.15) is 0 Å². The van der Waals surface area contributed by atoms with E-state index in [2.05, 4.69) is 26.5 Å². The van der Waals surface area contributed by atoms with Gasteiger partial charge in [-0.15, -0.1) is 11.3 Å². The Labute approximate surface area is 130 Å². The van der Waals surface area contributed by atoms with Crippen LogP contribution in [0.4, 0.5) is 0 Å². The number of benzene rings is 1. The van der Waals surface area contributed by atoms with Gasteiger partial charge >= 0.3 is 0 Å². The molecule has 1 N–H and O–H groups in total. The molecule has 1 heterocycles. The molecule has 0 atom stereocenters. The molecule has 5 heteroatoms. The molecule has 0 aliphatic carbocycles. The smallest absolute Gasteiger partial charge is 0.267 e. The lowest BCUT2D eigenvalue weighted by Crippen LogP contribution is -2.19. The van der Waals surface area contributed by atoms with Gasteiger partial charge < -0.3 is 0 Å². The van der Waals surface area contributed by atoms with E-state index in [0.717, 1.165) is 26.0 Å². The van der Waals surface area contributed by atoms with Crippen LogP contribution in [0, 0.1) is 20.8 Å². The first-order chi connectivity index (χ1) is 9.50. The Morgan fingerprint density at radius 3 is 2.70 bits per heavy atom. The molecular formula is C15H15BrN2OS. The second kappa shape index (κ2) is 6.33. The third kappa shape index (κ3) is 3.16. The average molecular weight is 351 g/mol. The molecule has 0 spiro atoms. The number of carbonyl (C=O) groups is 1. The van der Waals surface area contributed by atoms with Gasteiger partial charge in [-0.2, -0.15) is 5.10 Å². The number of halogens is 1. The number of hydrazone groups is 1. The first-order valence-corrected chi connectivity index (χ1v) is 7.81. The Bertz CT molecular complexity index is 663. The second-order valence-electron chi connectivity index (χ2n) is 4.50. The van der Waals surface area contributed by atoms with Gasteiger partial charge in [0.2, 0.25) is 0 Å². The van der Waals surface area contributed by atoms with Crippen LogP contribution < -0.4 is 5.43 Å². The van der Waals surface area contributed by atoms with E-state index in [9.17, 15) is 4.79 Å². The summed E-state index contributed by atoms with van der Waals surface area (Å²) in [6, 6.07) is 5.73. The third-order valence-electron chi connectivity index (χ3n) is 3.30. The number of amides is 1. The SMILES string of the molecule is Cc1c(Br)cc(C(=O)N/N=C/c2cccs2)c(C)c1C. The van der Waals surface area contributed by atoms with Crippen LogP contribution >= 0.6 is 27.3 Å². The molecule has 0 saturated carbocycles. The molecule has 0 bridgehead atoms. The van der Waals surface area contributed by atoms with E-state index in [1.54, 1.807) is 17.6 Å². The van der Waals surface area contributed by atoms with Gasteiger partial charge in [-0.3, -0.25) is 4.79 Å². The van der Waals surface area contributed by atoms with Crippen LogP contribution in [0.1, 0.15) is 31.9 Å². The van der Waals surface area contributed by atoms with Crippen molar-refractivity contribution in [3.05, 3.63) is 55.2 Å². The van der Waals surface area contributed by atoms with Crippen LogP contribution in [0.25, 0.3) is 0 Å². The topological polar surface area (TPSA) is 41.5 Å². The highest BCUT2D eigenvalue weighted by molar-refractivity contribution is 9.10. The predicted molar refractivity (Wildman–Crippen MR) is 87.7 cm³/mol. The van der Waals surface area contributed by atoms with Gasteiger partial charge in [-0.1, -0.05) is 22.0 Å². The minimum atomic E-state index is -0.195. The maximum Gasteiger partial charge on any atom is 0.271 e. The highest BCUT2D eigenvalue weighted by Crippen LogP contribution is 2.25. The number of hydrogen-bond acceptors (Lipinski definition) is 3. The van der Waals surface area contributed by atoms with Crippen LogP contribution in [0.2, 0.25) is 0 Å². The lowest BCUT2D eigenvalue weighted by molar-refractivity contribution is 0.0954. The van der Waals surface area contributed by atoms with Crippen LogP contribution in [0.3, 0.4) is 0 Å². The molecule has 1 aromatic heterocycles. The lowest BCUT2D eigenvalue weighted by Gasteiger charge is -2.12. The van der Waals surface area contributed by atoms with Crippen LogP contribution in [-0.4, -0.2) is 12.1 Å². The summed E-state index contributed by atoms with van der Waals surface area (Å²) in [4.78, 5) is 13.2. The van der Waals surface area contributed by atoms with Gasteiger partial charge in [0.05, 0.1) is 6.21 Å².